The predicted molar refractivity (Wildman–Crippen MR) is 111 cm³/mol. The zero-order valence-corrected chi connectivity index (χ0v) is 17.3. The molecule has 29 heavy (non-hydrogen) atoms. The van der Waals surface area contributed by atoms with E-state index in [1.54, 1.807) is 23.7 Å². The monoisotopic (exact) mass is 431 g/mol. The van der Waals surface area contributed by atoms with Gasteiger partial charge in [-0.3, -0.25) is 14.6 Å². The Morgan fingerprint density at radius 1 is 1.28 bits per heavy atom. The molecule has 150 valence electrons. The molecule has 1 N–H and O–H groups in total. The molecule has 0 saturated carbocycles. The van der Waals surface area contributed by atoms with Gasteiger partial charge in [-0.25, -0.2) is 4.98 Å². The molecule has 2 heterocycles. The van der Waals surface area contributed by atoms with Crippen LogP contribution in [0.5, 0.6) is 5.75 Å². The Hall–Kier alpha value is -2.97. The van der Waals surface area contributed by atoms with Crippen molar-refractivity contribution in [1.82, 2.24) is 9.97 Å². The number of hydrogen-bond donors (Lipinski definition) is 1. The molecule has 0 fully saturated rings. The minimum absolute atomic E-state index is 0.0278. The lowest BCUT2D eigenvalue weighted by Gasteiger charge is -2.12. The molecule has 0 bridgehead atoms. The lowest BCUT2D eigenvalue weighted by atomic mass is 10.2. The van der Waals surface area contributed by atoms with Crippen molar-refractivity contribution in [3.05, 3.63) is 58.2 Å². The van der Waals surface area contributed by atoms with Gasteiger partial charge < -0.3 is 14.8 Å². The van der Waals surface area contributed by atoms with Crippen molar-refractivity contribution in [2.75, 3.05) is 19.0 Å². The number of nitrogens with zero attached hydrogens (tertiary/aromatic N) is 2. The van der Waals surface area contributed by atoms with E-state index in [0.29, 0.717) is 22.2 Å². The van der Waals surface area contributed by atoms with E-state index in [0.717, 1.165) is 16.3 Å². The first-order valence-corrected chi connectivity index (χ1v) is 9.87. The Morgan fingerprint density at radius 2 is 2.10 bits per heavy atom. The van der Waals surface area contributed by atoms with Crippen molar-refractivity contribution in [1.29, 1.82) is 0 Å². The number of methoxy groups -OCH3 is 1. The normalized spacial score (nSPS) is 10.4. The summed E-state index contributed by atoms with van der Waals surface area (Å²) in [6, 6.07) is 8.84. The van der Waals surface area contributed by atoms with Crippen LogP contribution in [-0.4, -0.2) is 35.6 Å². The number of hydrogen-bond acceptors (Lipinski definition) is 7. The highest BCUT2D eigenvalue weighted by atomic mass is 35.5. The number of pyridine rings is 1. The Labute approximate surface area is 176 Å². The second-order valence-corrected chi connectivity index (χ2v) is 7.31. The van der Waals surface area contributed by atoms with Gasteiger partial charge in [-0.2, -0.15) is 0 Å². The van der Waals surface area contributed by atoms with Gasteiger partial charge >= 0.3 is 5.97 Å². The largest absolute Gasteiger partial charge is 0.495 e. The molecule has 1 aromatic carbocycles. The fourth-order valence-electron chi connectivity index (χ4n) is 2.46. The highest BCUT2D eigenvalue weighted by Gasteiger charge is 2.14. The molecule has 0 aliphatic rings. The fraction of sp³-hybridized carbons (Fsp3) is 0.200. The maximum atomic E-state index is 12.1. The Balaban J connectivity index is 1.53. The van der Waals surface area contributed by atoms with Gasteiger partial charge in [0.25, 0.3) is 5.91 Å². The third-order valence-corrected chi connectivity index (χ3v) is 5.20. The van der Waals surface area contributed by atoms with Crippen LogP contribution >= 0.6 is 22.9 Å². The van der Waals surface area contributed by atoms with Crippen LogP contribution in [0.15, 0.2) is 41.9 Å². The van der Waals surface area contributed by atoms with Gasteiger partial charge in [0.2, 0.25) is 0 Å². The molecule has 2 aromatic heterocycles. The van der Waals surface area contributed by atoms with Gasteiger partial charge in [0, 0.05) is 22.7 Å². The summed E-state index contributed by atoms with van der Waals surface area (Å²) in [6.07, 6.45) is 1.65. The van der Waals surface area contributed by atoms with Gasteiger partial charge in [0.1, 0.15) is 10.8 Å². The summed E-state index contributed by atoms with van der Waals surface area (Å²) >= 11 is 7.44. The van der Waals surface area contributed by atoms with Crippen LogP contribution in [-0.2, 0) is 20.7 Å². The van der Waals surface area contributed by atoms with E-state index in [9.17, 15) is 9.59 Å². The molecule has 0 aliphatic carbocycles. The number of esters is 1. The lowest BCUT2D eigenvalue weighted by Crippen LogP contribution is -2.22. The molecule has 0 atom stereocenters. The number of benzene rings is 1. The van der Waals surface area contributed by atoms with Crippen molar-refractivity contribution in [3.8, 4) is 16.5 Å². The summed E-state index contributed by atoms with van der Waals surface area (Å²) < 4.78 is 10.3. The van der Waals surface area contributed by atoms with Crippen molar-refractivity contribution < 1.29 is 19.1 Å². The number of aryl methyl sites for hydroxylation is 1. The van der Waals surface area contributed by atoms with E-state index in [4.69, 9.17) is 21.1 Å². The molecular formula is C20H18ClN3O4S. The van der Waals surface area contributed by atoms with Crippen molar-refractivity contribution >= 4 is 40.5 Å². The molecule has 0 saturated heterocycles. The second kappa shape index (κ2) is 9.49. The highest BCUT2D eigenvalue weighted by molar-refractivity contribution is 7.13. The number of nitrogens with one attached hydrogen (secondary N) is 1. The summed E-state index contributed by atoms with van der Waals surface area (Å²) in [6.45, 7) is 1.39. The minimum atomic E-state index is -0.544. The molecule has 0 radical (unpaired) electrons. The number of carbonyl (C=O) groups excluding carboxylic acids is 2. The maximum absolute atomic E-state index is 12.1. The Morgan fingerprint density at radius 3 is 2.83 bits per heavy atom. The van der Waals surface area contributed by atoms with Crippen molar-refractivity contribution in [3.63, 3.8) is 0 Å². The highest BCUT2D eigenvalue weighted by Crippen LogP contribution is 2.30. The first-order chi connectivity index (χ1) is 14.0. The first-order valence-electron chi connectivity index (χ1n) is 8.61. The third kappa shape index (κ3) is 5.52. The topological polar surface area (TPSA) is 90.4 Å². The summed E-state index contributed by atoms with van der Waals surface area (Å²) in [4.78, 5) is 32.8. The minimum Gasteiger partial charge on any atom is -0.495 e. The van der Waals surface area contributed by atoms with Gasteiger partial charge in [-0.15, -0.1) is 11.3 Å². The maximum Gasteiger partial charge on any atom is 0.312 e. The molecule has 0 spiro atoms. The van der Waals surface area contributed by atoms with E-state index >= 15 is 0 Å². The molecule has 3 aromatic rings. The summed E-state index contributed by atoms with van der Waals surface area (Å²) in [7, 11) is 1.48. The zero-order valence-electron chi connectivity index (χ0n) is 15.8. The zero-order chi connectivity index (χ0) is 20.8. The second-order valence-electron chi connectivity index (χ2n) is 6.05. The molecule has 1 amide bonds. The van der Waals surface area contributed by atoms with Crippen LogP contribution in [0.25, 0.3) is 10.7 Å². The number of rotatable bonds is 7. The quantitative estimate of drug-likeness (QED) is 0.570. The SMILES string of the molecule is COc1cc(Cl)c(C)cc1NC(=O)COC(=O)Cc1csc(-c2ccccn2)n1. The van der Waals surface area contributed by atoms with E-state index < -0.39 is 18.5 Å². The molecule has 7 nitrogen and oxygen atoms in total. The van der Waals surface area contributed by atoms with Crippen LogP contribution < -0.4 is 10.1 Å². The van der Waals surface area contributed by atoms with Crippen molar-refractivity contribution in [2.24, 2.45) is 0 Å². The van der Waals surface area contributed by atoms with Crippen LogP contribution in [0.4, 0.5) is 5.69 Å². The Kier molecular flexibility index (Phi) is 6.79. The Bertz CT molecular complexity index is 1020. The van der Waals surface area contributed by atoms with Crippen molar-refractivity contribution in [2.45, 2.75) is 13.3 Å². The van der Waals surface area contributed by atoms with Gasteiger partial charge in [-0.05, 0) is 30.7 Å². The van der Waals surface area contributed by atoms with Crippen LogP contribution in [0.3, 0.4) is 0 Å². The summed E-state index contributed by atoms with van der Waals surface area (Å²) in [5.74, 6) is -0.604. The number of ether oxygens (including phenoxy) is 2. The number of amides is 1. The average Bonchev–Trinajstić information content (AvgIpc) is 3.18. The predicted octanol–water partition coefficient (Wildman–Crippen LogP) is 3.90. The number of carbonyl (C=O) groups is 2. The van der Waals surface area contributed by atoms with E-state index in [1.807, 2.05) is 25.1 Å². The van der Waals surface area contributed by atoms with E-state index in [2.05, 4.69) is 15.3 Å². The standard InChI is InChI=1S/C20H18ClN3O4S/c1-12-7-16(17(27-2)9-14(12)21)24-18(25)10-28-19(26)8-13-11-29-20(23-13)15-5-3-4-6-22-15/h3-7,9,11H,8,10H2,1-2H3,(H,24,25). The lowest BCUT2D eigenvalue weighted by molar-refractivity contribution is -0.146. The number of anilines is 1. The molecule has 3 rings (SSSR count). The fourth-order valence-corrected chi connectivity index (χ4v) is 3.40. The number of aromatic nitrogens is 2. The van der Waals surface area contributed by atoms with Gasteiger partial charge in [0.15, 0.2) is 6.61 Å². The number of halogens is 1. The molecule has 0 unspecified atom stereocenters. The van der Waals surface area contributed by atoms with Gasteiger partial charge in [-0.1, -0.05) is 17.7 Å². The average molecular weight is 432 g/mol. The third-order valence-electron chi connectivity index (χ3n) is 3.88. The van der Waals surface area contributed by atoms with Crippen LogP contribution in [0.2, 0.25) is 5.02 Å². The molecule has 9 heteroatoms. The smallest absolute Gasteiger partial charge is 0.312 e. The summed E-state index contributed by atoms with van der Waals surface area (Å²) in [5.41, 5.74) is 2.54. The van der Waals surface area contributed by atoms with Gasteiger partial charge in [0.05, 0.1) is 30.6 Å². The first kappa shape index (κ1) is 20.8. The number of thiazole rings is 1. The summed E-state index contributed by atoms with van der Waals surface area (Å²) in [5, 5.41) is 5.67. The molecule has 0 aliphatic heterocycles. The van der Waals surface area contributed by atoms with E-state index in [-0.39, 0.29) is 6.42 Å². The van der Waals surface area contributed by atoms with Crippen LogP contribution in [0, 0.1) is 6.92 Å². The molecular weight excluding hydrogens is 414 g/mol. The van der Waals surface area contributed by atoms with E-state index in [1.165, 1.54) is 18.4 Å². The van der Waals surface area contributed by atoms with Crippen LogP contribution in [0.1, 0.15) is 11.3 Å².